The number of ether oxygens (including phenoxy) is 1. The zero-order valence-electron chi connectivity index (χ0n) is 22.2. The number of alkyl halides is 3. The summed E-state index contributed by atoms with van der Waals surface area (Å²) >= 11 is 0. The van der Waals surface area contributed by atoms with E-state index >= 15 is 0 Å². The summed E-state index contributed by atoms with van der Waals surface area (Å²) in [7, 11) is 1.39. The molecule has 39 heavy (non-hydrogen) atoms. The summed E-state index contributed by atoms with van der Waals surface area (Å²) in [5.41, 5.74) is 1.87. The first kappa shape index (κ1) is 29.5. The Morgan fingerprint density at radius 3 is 2.31 bits per heavy atom. The lowest BCUT2D eigenvalue weighted by Crippen LogP contribution is -2.35. The van der Waals surface area contributed by atoms with Gasteiger partial charge in [0.2, 0.25) is 5.91 Å². The quantitative estimate of drug-likeness (QED) is 0.306. The Labute approximate surface area is 224 Å². The van der Waals surface area contributed by atoms with Gasteiger partial charge in [0.1, 0.15) is 5.75 Å². The molecule has 3 N–H and O–H groups in total. The highest BCUT2D eigenvalue weighted by Crippen LogP contribution is 2.38. The number of hydrogen-bond donors (Lipinski definition) is 3. The maximum Gasteiger partial charge on any atom is 0.389 e. The predicted octanol–water partition coefficient (Wildman–Crippen LogP) is 5.19. The lowest BCUT2D eigenvalue weighted by atomic mass is 9.88. The van der Waals surface area contributed by atoms with Crippen LogP contribution >= 0.6 is 0 Å². The first-order valence-corrected chi connectivity index (χ1v) is 12.6. The average Bonchev–Trinajstić information content (AvgIpc) is 3.30. The summed E-state index contributed by atoms with van der Waals surface area (Å²) in [6.45, 7) is 5.84. The van der Waals surface area contributed by atoms with Crippen molar-refractivity contribution in [3.8, 4) is 5.75 Å². The molecule has 3 rings (SSSR count). The number of nitrogens with one attached hydrogen (secondary N) is 2. The van der Waals surface area contributed by atoms with Crippen LogP contribution in [0.4, 0.5) is 13.2 Å². The van der Waals surface area contributed by atoms with Gasteiger partial charge in [-0.2, -0.15) is 13.2 Å². The molecule has 2 amide bonds. The van der Waals surface area contributed by atoms with E-state index in [1.807, 2.05) is 13.8 Å². The van der Waals surface area contributed by atoms with Crippen molar-refractivity contribution in [1.29, 1.82) is 0 Å². The van der Waals surface area contributed by atoms with E-state index in [1.54, 1.807) is 35.4 Å². The number of carboxylic acid groups (broad SMARTS) is 1. The highest BCUT2D eigenvalue weighted by atomic mass is 19.4. The fourth-order valence-corrected chi connectivity index (χ4v) is 4.59. The lowest BCUT2D eigenvalue weighted by molar-refractivity contribution is -0.142. The number of hydrogen-bond acceptors (Lipinski definition) is 4. The van der Waals surface area contributed by atoms with E-state index in [-0.39, 0.29) is 29.3 Å². The van der Waals surface area contributed by atoms with Crippen LogP contribution in [-0.4, -0.2) is 65.7 Å². The molecule has 1 heterocycles. The van der Waals surface area contributed by atoms with Gasteiger partial charge in [0.05, 0.1) is 18.6 Å². The lowest BCUT2D eigenvalue weighted by Gasteiger charge is -2.26. The van der Waals surface area contributed by atoms with Crippen LogP contribution in [0.25, 0.3) is 10.9 Å². The molecule has 0 saturated carbocycles. The normalized spacial score (nSPS) is 13.1. The average molecular weight is 548 g/mol. The maximum absolute atomic E-state index is 13.8. The van der Waals surface area contributed by atoms with E-state index in [0.717, 1.165) is 0 Å². The fourth-order valence-electron chi connectivity index (χ4n) is 4.59. The number of rotatable bonds is 11. The number of amides is 2. The molecule has 8 nitrogen and oxygen atoms in total. The number of benzene rings is 2. The zero-order valence-corrected chi connectivity index (χ0v) is 22.2. The van der Waals surface area contributed by atoms with Crippen molar-refractivity contribution >= 4 is 28.7 Å². The van der Waals surface area contributed by atoms with Gasteiger partial charge in [0.25, 0.3) is 5.91 Å². The van der Waals surface area contributed by atoms with Crippen molar-refractivity contribution in [3.63, 3.8) is 0 Å². The molecule has 2 unspecified atom stereocenters. The van der Waals surface area contributed by atoms with Crippen LogP contribution < -0.4 is 10.1 Å². The van der Waals surface area contributed by atoms with Gasteiger partial charge in [-0.05, 0) is 55.7 Å². The summed E-state index contributed by atoms with van der Waals surface area (Å²) in [6.07, 6.45) is -3.67. The number of fused-ring (bicyclic) bond motifs is 1. The molecule has 2 atom stereocenters. The fraction of sp³-hybridized carbons (Fsp3) is 0.393. The van der Waals surface area contributed by atoms with Crippen LogP contribution in [0, 0.1) is 5.92 Å². The third-order valence-electron chi connectivity index (χ3n) is 6.59. The molecular weight excluding hydrogens is 515 g/mol. The number of H-pyrrole nitrogens is 1. The Bertz CT molecular complexity index is 1350. The Hall–Kier alpha value is -4.02. The van der Waals surface area contributed by atoms with E-state index < -0.39 is 36.3 Å². The van der Waals surface area contributed by atoms with E-state index in [1.165, 1.54) is 26.2 Å². The number of nitrogens with zero attached hydrogens (tertiary/aromatic N) is 1. The van der Waals surface area contributed by atoms with Crippen molar-refractivity contribution in [2.75, 3.05) is 26.7 Å². The van der Waals surface area contributed by atoms with Crippen molar-refractivity contribution in [2.24, 2.45) is 5.92 Å². The molecule has 0 saturated heterocycles. The second-order valence-corrected chi connectivity index (χ2v) is 9.34. The Balaban J connectivity index is 2.06. The Morgan fingerprint density at radius 1 is 1.05 bits per heavy atom. The van der Waals surface area contributed by atoms with Gasteiger partial charge in [-0.3, -0.25) is 9.59 Å². The number of carboxylic acids is 1. The maximum atomic E-state index is 13.8. The molecule has 3 aromatic rings. The largest absolute Gasteiger partial charge is 0.496 e. The van der Waals surface area contributed by atoms with Crippen molar-refractivity contribution < 1.29 is 37.4 Å². The second-order valence-electron chi connectivity index (χ2n) is 9.34. The van der Waals surface area contributed by atoms with Gasteiger partial charge in [-0.15, -0.1) is 0 Å². The number of aromatic carboxylic acids is 1. The summed E-state index contributed by atoms with van der Waals surface area (Å²) in [4.78, 5) is 42.9. The highest BCUT2D eigenvalue weighted by molar-refractivity contribution is 6.01. The first-order chi connectivity index (χ1) is 18.4. The first-order valence-electron chi connectivity index (χ1n) is 12.6. The van der Waals surface area contributed by atoms with E-state index in [4.69, 9.17) is 4.74 Å². The topological polar surface area (TPSA) is 112 Å². The van der Waals surface area contributed by atoms with E-state index in [9.17, 15) is 32.7 Å². The number of carbonyl (C=O) groups excluding carboxylic acids is 2. The minimum absolute atomic E-state index is 0.00211. The zero-order chi connectivity index (χ0) is 28.9. The molecule has 11 heteroatoms. The third kappa shape index (κ3) is 6.90. The molecule has 0 bridgehead atoms. The van der Waals surface area contributed by atoms with Crippen molar-refractivity contribution in [2.45, 2.75) is 39.3 Å². The van der Waals surface area contributed by atoms with Gasteiger partial charge >= 0.3 is 12.1 Å². The smallest absolute Gasteiger partial charge is 0.389 e. The van der Waals surface area contributed by atoms with Gasteiger partial charge in [-0.25, -0.2) is 4.79 Å². The van der Waals surface area contributed by atoms with Crippen LogP contribution in [0.3, 0.4) is 0 Å². The Kier molecular flexibility index (Phi) is 9.26. The van der Waals surface area contributed by atoms with Crippen LogP contribution in [0.15, 0.2) is 42.6 Å². The predicted molar refractivity (Wildman–Crippen MR) is 140 cm³/mol. The van der Waals surface area contributed by atoms with Gasteiger partial charge in [-0.1, -0.05) is 13.0 Å². The molecule has 0 aliphatic rings. The van der Waals surface area contributed by atoms with Gasteiger partial charge in [0, 0.05) is 54.3 Å². The molecule has 0 radical (unpaired) electrons. The standard InChI is InChI=1S/C28H32F3N3O5/c1-5-34(6-2)26(36)24(19-9-7-18(27(37)38)12-23(19)39-4)21-15-32-22-10-8-17(11-20(21)22)25(35)33-14-16(3)13-28(29,30)31/h7-12,15-16,24,32H,5-6,13-14H2,1-4H3,(H,33,35)(H,37,38). The summed E-state index contributed by atoms with van der Waals surface area (Å²) in [5.74, 6) is -3.37. The SMILES string of the molecule is CCN(CC)C(=O)C(c1ccc(C(=O)O)cc1OC)c1c[nH]c2ccc(C(=O)NCC(C)CC(F)(F)F)cc12. The number of methoxy groups -OCH3 is 1. The summed E-state index contributed by atoms with van der Waals surface area (Å²) in [5, 5.41) is 12.5. The molecule has 2 aromatic carbocycles. The molecule has 0 spiro atoms. The monoisotopic (exact) mass is 547 g/mol. The van der Waals surface area contributed by atoms with Crippen LogP contribution in [-0.2, 0) is 4.79 Å². The number of carbonyl (C=O) groups is 3. The third-order valence-corrected chi connectivity index (χ3v) is 6.59. The molecular formula is C28H32F3N3O5. The molecule has 0 fully saturated rings. The van der Waals surface area contributed by atoms with Crippen molar-refractivity contribution in [1.82, 2.24) is 15.2 Å². The highest BCUT2D eigenvalue weighted by Gasteiger charge is 2.32. The van der Waals surface area contributed by atoms with Gasteiger partial charge in [0.15, 0.2) is 0 Å². The van der Waals surface area contributed by atoms with Crippen LogP contribution in [0.2, 0.25) is 0 Å². The molecule has 210 valence electrons. The van der Waals surface area contributed by atoms with Crippen molar-refractivity contribution in [3.05, 3.63) is 64.8 Å². The molecule has 1 aromatic heterocycles. The number of halogens is 3. The molecule has 0 aliphatic carbocycles. The van der Waals surface area contributed by atoms with E-state index in [2.05, 4.69) is 10.3 Å². The second kappa shape index (κ2) is 12.2. The molecule has 0 aliphatic heterocycles. The number of likely N-dealkylation sites (N-methyl/N-ethyl adjacent to an activating group) is 1. The van der Waals surface area contributed by atoms with E-state index in [0.29, 0.717) is 35.1 Å². The number of aromatic nitrogens is 1. The summed E-state index contributed by atoms with van der Waals surface area (Å²) < 4.78 is 43.5. The van der Waals surface area contributed by atoms with Gasteiger partial charge < -0.3 is 25.0 Å². The number of aromatic amines is 1. The minimum atomic E-state index is -4.32. The van der Waals surface area contributed by atoms with Crippen LogP contribution in [0.1, 0.15) is 65.0 Å². The summed E-state index contributed by atoms with van der Waals surface area (Å²) in [6, 6.07) is 9.11. The Morgan fingerprint density at radius 2 is 1.72 bits per heavy atom. The minimum Gasteiger partial charge on any atom is -0.496 e. The van der Waals surface area contributed by atoms with Crippen LogP contribution in [0.5, 0.6) is 5.75 Å².